The van der Waals surface area contributed by atoms with E-state index in [1.54, 1.807) is 17.7 Å². The van der Waals surface area contributed by atoms with Gasteiger partial charge in [-0.1, -0.05) is 6.08 Å². The minimum Gasteiger partial charge on any atom is -0.395 e. The molecule has 2 heterocycles. The Morgan fingerprint density at radius 3 is 2.89 bits per heavy atom. The Balaban J connectivity index is 2.57. The van der Waals surface area contributed by atoms with Crippen molar-refractivity contribution in [2.75, 3.05) is 24.6 Å². The van der Waals surface area contributed by atoms with Gasteiger partial charge < -0.3 is 10.0 Å². The molecule has 2 aromatic heterocycles. The zero-order chi connectivity index (χ0) is 13.1. The molecule has 96 valence electrons. The Bertz CT molecular complexity index is 565. The SMILES string of the molecule is C=CCN(CCO)c1ncnc2sc(C)c(C)c12. The van der Waals surface area contributed by atoms with Crippen LogP contribution >= 0.6 is 11.3 Å². The Labute approximate surface area is 111 Å². The first kappa shape index (κ1) is 13.0. The summed E-state index contributed by atoms with van der Waals surface area (Å²) in [5.74, 6) is 0.885. The Morgan fingerprint density at radius 1 is 1.44 bits per heavy atom. The van der Waals surface area contributed by atoms with Crippen LogP contribution in [0.4, 0.5) is 5.82 Å². The summed E-state index contributed by atoms with van der Waals surface area (Å²) in [6.45, 7) is 9.25. The molecule has 0 unspecified atom stereocenters. The second-order valence-corrected chi connectivity index (χ2v) is 5.32. The van der Waals surface area contributed by atoms with Crippen LogP contribution in [0.2, 0.25) is 0 Å². The van der Waals surface area contributed by atoms with E-state index < -0.39 is 0 Å². The third-order valence-corrected chi connectivity index (χ3v) is 4.08. The zero-order valence-corrected chi connectivity index (χ0v) is 11.5. The number of rotatable bonds is 5. The maximum atomic E-state index is 9.15. The molecule has 0 aliphatic carbocycles. The highest BCUT2D eigenvalue weighted by Crippen LogP contribution is 2.34. The molecule has 18 heavy (non-hydrogen) atoms. The molecular weight excluding hydrogens is 246 g/mol. The Kier molecular flexibility index (Phi) is 3.93. The van der Waals surface area contributed by atoms with Gasteiger partial charge in [-0.3, -0.25) is 0 Å². The summed E-state index contributed by atoms with van der Waals surface area (Å²) >= 11 is 1.68. The van der Waals surface area contributed by atoms with Gasteiger partial charge in [-0.15, -0.1) is 17.9 Å². The normalized spacial score (nSPS) is 10.8. The third kappa shape index (κ3) is 2.23. The lowest BCUT2D eigenvalue weighted by Gasteiger charge is -2.21. The molecule has 2 aromatic rings. The molecule has 4 nitrogen and oxygen atoms in total. The molecule has 5 heteroatoms. The quantitative estimate of drug-likeness (QED) is 0.841. The van der Waals surface area contributed by atoms with Gasteiger partial charge >= 0.3 is 0 Å². The number of aliphatic hydroxyl groups excluding tert-OH is 1. The number of nitrogens with zero attached hydrogens (tertiary/aromatic N) is 3. The van der Waals surface area contributed by atoms with Crippen molar-refractivity contribution in [3.8, 4) is 0 Å². The van der Waals surface area contributed by atoms with Crippen LogP contribution in [0.1, 0.15) is 10.4 Å². The largest absolute Gasteiger partial charge is 0.395 e. The lowest BCUT2D eigenvalue weighted by atomic mass is 10.2. The van der Waals surface area contributed by atoms with Crippen molar-refractivity contribution in [2.45, 2.75) is 13.8 Å². The average Bonchev–Trinajstić information content (AvgIpc) is 2.65. The molecule has 0 atom stereocenters. The maximum Gasteiger partial charge on any atom is 0.141 e. The van der Waals surface area contributed by atoms with Crippen molar-refractivity contribution < 1.29 is 5.11 Å². The van der Waals surface area contributed by atoms with E-state index in [9.17, 15) is 0 Å². The topological polar surface area (TPSA) is 49.2 Å². The highest BCUT2D eigenvalue weighted by molar-refractivity contribution is 7.18. The number of fused-ring (bicyclic) bond motifs is 1. The lowest BCUT2D eigenvalue weighted by Crippen LogP contribution is -2.27. The Morgan fingerprint density at radius 2 is 2.22 bits per heavy atom. The van der Waals surface area contributed by atoms with E-state index in [0.29, 0.717) is 13.1 Å². The van der Waals surface area contributed by atoms with E-state index in [1.165, 1.54) is 10.4 Å². The van der Waals surface area contributed by atoms with Crippen LogP contribution in [-0.4, -0.2) is 34.8 Å². The fourth-order valence-corrected chi connectivity index (χ4v) is 2.96. The number of aryl methyl sites for hydroxylation is 2. The second-order valence-electron chi connectivity index (χ2n) is 4.12. The van der Waals surface area contributed by atoms with Crippen molar-refractivity contribution in [3.63, 3.8) is 0 Å². The molecule has 0 radical (unpaired) electrons. The first-order valence-corrected chi connectivity index (χ1v) is 6.68. The fraction of sp³-hybridized carbons (Fsp3) is 0.385. The summed E-state index contributed by atoms with van der Waals surface area (Å²) in [6, 6.07) is 0. The summed E-state index contributed by atoms with van der Waals surface area (Å²) < 4.78 is 0. The smallest absolute Gasteiger partial charge is 0.141 e. The van der Waals surface area contributed by atoms with E-state index >= 15 is 0 Å². The van der Waals surface area contributed by atoms with E-state index in [2.05, 4.69) is 30.4 Å². The first-order valence-electron chi connectivity index (χ1n) is 5.86. The number of aromatic nitrogens is 2. The number of aliphatic hydroxyl groups is 1. The lowest BCUT2D eigenvalue weighted by molar-refractivity contribution is 0.303. The molecule has 0 aliphatic rings. The number of hydrogen-bond donors (Lipinski definition) is 1. The van der Waals surface area contributed by atoms with Gasteiger partial charge in [0.05, 0.1) is 12.0 Å². The molecule has 0 spiro atoms. The van der Waals surface area contributed by atoms with E-state index in [4.69, 9.17) is 5.11 Å². The van der Waals surface area contributed by atoms with Crippen LogP contribution in [-0.2, 0) is 0 Å². The molecular formula is C13H17N3OS. The summed E-state index contributed by atoms with van der Waals surface area (Å²) in [6.07, 6.45) is 3.40. The van der Waals surface area contributed by atoms with Gasteiger partial charge in [-0.2, -0.15) is 0 Å². The molecule has 0 amide bonds. The number of thiophene rings is 1. The third-order valence-electron chi connectivity index (χ3n) is 2.96. The van der Waals surface area contributed by atoms with Crippen LogP contribution in [0.15, 0.2) is 19.0 Å². The van der Waals surface area contributed by atoms with Crippen molar-refractivity contribution in [3.05, 3.63) is 29.4 Å². The average molecular weight is 263 g/mol. The summed E-state index contributed by atoms with van der Waals surface area (Å²) in [7, 11) is 0. The standard InChI is InChI=1S/C13H17N3OS/c1-4-5-16(6-7-17)12-11-9(2)10(3)18-13(11)15-8-14-12/h4,8,17H,1,5-7H2,2-3H3. The van der Waals surface area contributed by atoms with Gasteiger partial charge in [-0.25, -0.2) is 9.97 Å². The van der Waals surface area contributed by atoms with Crippen LogP contribution < -0.4 is 4.90 Å². The molecule has 0 aromatic carbocycles. The van der Waals surface area contributed by atoms with E-state index in [-0.39, 0.29) is 6.61 Å². The van der Waals surface area contributed by atoms with Gasteiger partial charge in [-0.05, 0) is 19.4 Å². The number of hydrogen-bond acceptors (Lipinski definition) is 5. The van der Waals surface area contributed by atoms with Gasteiger partial charge in [0.25, 0.3) is 0 Å². The number of anilines is 1. The van der Waals surface area contributed by atoms with E-state index in [1.807, 2.05) is 11.0 Å². The summed E-state index contributed by atoms with van der Waals surface area (Å²) in [5.41, 5.74) is 1.22. The zero-order valence-electron chi connectivity index (χ0n) is 10.7. The fourth-order valence-electron chi connectivity index (χ4n) is 1.96. The van der Waals surface area contributed by atoms with Crippen molar-refractivity contribution in [2.24, 2.45) is 0 Å². The maximum absolute atomic E-state index is 9.15. The van der Waals surface area contributed by atoms with Crippen LogP contribution in [0.25, 0.3) is 10.2 Å². The van der Waals surface area contributed by atoms with Crippen LogP contribution in [0, 0.1) is 13.8 Å². The highest BCUT2D eigenvalue weighted by atomic mass is 32.1. The van der Waals surface area contributed by atoms with Gasteiger partial charge in [0.15, 0.2) is 0 Å². The molecule has 0 saturated carbocycles. The van der Waals surface area contributed by atoms with Crippen molar-refractivity contribution >= 4 is 27.4 Å². The predicted octanol–water partition coefficient (Wildman–Crippen LogP) is 2.29. The highest BCUT2D eigenvalue weighted by Gasteiger charge is 2.15. The molecule has 2 rings (SSSR count). The van der Waals surface area contributed by atoms with Gasteiger partial charge in [0.1, 0.15) is 17.0 Å². The molecule has 0 saturated heterocycles. The second kappa shape index (κ2) is 5.46. The minimum absolute atomic E-state index is 0.0987. The minimum atomic E-state index is 0.0987. The molecule has 1 N–H and O–H groups in total. The van der Waals surface area contributed by atoms with Crippen LogP contribution in [0.5, 0.6) is 0 Å². The predicted molar refractivity (Wildman–Crippen MR) is 76.4 cm³/mol. The van der Waals surface area contributed by atoms with Crippen molar-refractivity contribution in [1.29, 1.82) is 0 Å². The van der Waals surface area contributed by atoms with Crippen LogP contribution in [0.3, 0.4) is 0 Å². The molecule has 0 fully saturated rings. The monoisotopic (exact) mass is 263 g/mol. The molecule has 0 bridgehead atoms. The summed E-state index contributed by atoms with van der Waals surface area (Å²) in [4.78, 5) is 13.0. The Hall–Kier alpha value is -1.46. The molecule has 0 aliphatic heterocycles. The van der Waals surface area contributed by atoms with Crippen molar-refractivity contribution in [1.82, 2.24) is 9.97 Å². The summed E-state index contributed by atoms with van der Waals surface area (Å²) in [5, 5.41) is 10.2. The first-order chi connectivity index (χ1) is 8.69. The van der Waals surface area contributed by atoms with E-state index in [0.717, 1.165) is 16.0 Å². The van der Waals surface area contributed by atoms with Gasteiger partial charge in [0.2, 0.25) is 0 Å². The van der Waals surface area contributed by atoms with Gasteiger partial charge in [0, 0.05) is 18.0 Å².